The van der Waals surface area contributed by atoms with E-state index in [2.05, 4.69) is 4.98 Å². The summed E-state index contributed by atoms with van der Waals surface area (Å²) in [6, 6.07) is 0. The first kappa shape index (κ1) is 10.9. The van der Waals surface area contributed by atoms with Crippen LogP contribution >= 0.6 is 0 Å². The first-order chi connectivity index (χ1) is 6.77. The van der Waals surface area contributed by atoms with Gasteiger partial charge in [0, 0.05) is 13.0 Å². The van der Waals surface area contributed by atoms with Crippen molar-refractivity contribution in [1.29, 1.82) is 0 Å². The van der Waals surface area contributed by atoms with E-state index < -0.39 is 0 Å². The molecule has 1 rings (SSSR count). The lowest BCUT2D eigenvalue weighted by atomic mass is 10.2. The zero-order valence-electron chi connectivity index (χ0n) is 8.69. The van der Waals surface area contributed by atoms with Gasteiger partial charge in [0.15, 0.2) is 0 Å². The summed E-state index contributed by atoms with van der Waals surface area (Å²) in [6.45, 7) is 4.99. The normalized spacial score (nSPS) is 10.4. The molecule has 4 nitrogen and oxygen atoms in total. The molecule has 4 heteroatoms. The molecule has 0 atom stereocenters. The fourth-order valence-corrected chi connectivity index (χ4v) is 1.18. The number of aryl methyl sites for hydroxylation is 1. The van der Waals surface area contributed by atoms with Gasteiger partial charge in [0.05, 0.1) is 12.8 Å². The van der Waals surface area contributed by atoms with Gasteiger partial charge in [-0.2, -0.15) is 4.73 Å². The van der Waals surface area contributed by atoms with Gasteiger partial charge in [-0.1, -0.05) is 6.92 Å². The highest BCUT2D eigenvalue weighted by atomic mass is 16.5. The van der Waals surface area contributed by atoms with E-state index in [9.17, 15) is 5.21 Å². The van der Waals surface area contributed by atoms with Crippen LogP contribution in [0.25, 0.3) is 0 Å². The molecule has 0 spiro atoms. The fourth-order valence-electron chi connectivity index (χ4n) is 1.18. The Kier molecular flexibility index (Phi) is 4.32. The standard InChI is InChI=1S/C10H16N2O2/c1-3-5-10-6-11-9(7-12(10)13)8-14-4-2/h6-7H,3-5,8H2,1-2H3. The second kappa shape index (κ2) is 5.54. The van der Waals surface area contributed by atoms with Crippen molar-refractivity contribution < 1.29 is 9.47 Å². The molecule has 0 aliphatic carbocycles. The average molecular weight is 196 g/mol. The van der Waals surface area contributed by atoms with Crippen molar-refractivity contribution in [3.63, 3.8) is 0 Å². The van der Waals surface area contributed by atoms with Crippen molar-refractivity contribution in [2.75, 3.05) is 6.61 Å². The Morgan fingerprint density at radius 2 is 2.29 bits per heavy atom. The number of aromatic nitrogens is 2. The molecular formula is C10H16N2O2. The summed E-state index contributed by atoms with van der Waals surface area (Å²) in [7, 11) is 0. The molecule has 1 aromatic rings. The molecule has 0 amide bonds. The van der Waals surface area contributed by atoms with Crippen LogP contribution in [0.4, 0.5) is 0 Å². The van der Waals surface area contributed by atoms with Crippen LogP contribution in [0.5, 0.6) is 0 Å². The maximum absolute atomic E-state index is 11.4. The first-order valence-corrected chi connectivity index (χ1v) is 4.92. The highest BCUT2D eigenvalue weighted by molar-refractivity contribution is 4.95. The highest BCUT2D eigenvalue weighted by Crippen LogP contribution is 1.98. The summed E-state index contributed by atoms with van der Waals surface area (Å²) in [5.74, 6) is 0. The summed E-state index contributed by atoms with van der Waals surface area (Å²) < 4.78 is 6.04. The van der Waals surface area contributed by atoms with Gasteiger partial charge in [0.2, 0.25) is 11.9 Å². The van der Waals surface area contributed by atoms with Crippen LogP contribution in [0.2, 0.25) is 0 Å². The molecule has 0 saturated carbocycles. The Balaban J connectivity index is 2.68. The van der Waals surface area contributed by atoms with E-state index >= 15 is 0 Å². The molecule has 0 aliphatic rings. The van der Waals surface area contributed by atoms with Crippen molar-refractivity contribution in [3.8, 4) is 0 Å². The van der Waals surface area contributed by atoms with Crippen molar-refractivity contribution in [3.05, 3.63) is 29.0 Å². The Morgan fingerprint density at radius 3 is 2.86 bits per heavy atom. The van der Waals surface area contributed by atoms with Crippen LogP contribution in [-0.2, 0) is 17.8 Å². The quantitative estimate of drug-likeness (QED) is 0.525. The molecule has 0 bridgehead atoms. The molecule has 0 aromatic carbocycles. The largest absolute Gasteiger partial charge is 0.618 e. The molecule has 78 valence electrons. The third kappa shape index (κ3) is 2.96. The molecule has 0 fully saturated rings. The number of ether oxygens (including phenoxy) is 1. The minimum atomic E-state index is 0.408. The predicted molar refractivity (Wildman–Crippen MR) is 52.5 cm³/mol. The van der Waals surface area contributed by atoms with E-state index in [1.54, 1.807) is 6.20 Å². The Morgan fingerprint density at radius 1 is 1.50 bits per heavy atom. The average Bonchev–Trinajstić information content (AvgIpc) is 2.19. The van der Waals surface area contributed by atoms with Gasteiger partial charge < -0.3 is 9.94 Å². The summed E-state index contributed by atoms with van der Waals surface area (Å²) in [5.41, 5.74) is 1.40. The predicted octanol–water partition coefficient (Wildman–Crippen LogP) is 1.20. The third-order valence-electron chi connectivity index (χ3n) is 1.89. The molecule has 0 aliphatic heterocycles. The van der Waals surface area contributed by atoms with E-state index in [-0.39, 0.29) is 0 Å². The number of hydrogen-bond donors (Lipinski definition) is 0. The van der Waals surface area contributed by atoms with E-state index in [1.807, 2.05) is 13.8 Å². The monoisotopic (exact) mass is 196 g/mol. The maximum Gasteiger partial charge on any atom is 0.211 e. The summed E-state index contributed by atoms with van der Waals surface area (Å²) in [6.07, 6.45) is 4.84. The van der Waals surface area contributed by atoms with Crippen LogP contribution < -0.4 is 4.73 Å². The smallest absolute Gasteiger partial charge is 0.211 e. The van der Waals surface area contributed by atoms with Gasteiger partial charge in [-0.3, -0.25) is 0 Å². The minimum Gasteiger partial charge on any atom is -0.618 e. The molecular weight excluding hydrogens is 180 g/mol. The zero-order valence-corrected chi connectivity index (χ0v) is 8.69. The molecule has 1 aromatic heterocycles. The highest BCUT2D eigenvalue weighted by Gasteiger charge is 2.06. The number of rotatable bonds is 5. The van der Waals surface area contributed by atoms with Crippen molar-refractivity contribution in [2.45, 2.75) is 33.3 Å². The van der Waals surface area contributed by atoms with E-state index in [0.717, 1.165) is 17.6 Å². The van der Waals surface area contributed by atoms with Gasteiger partial charge in [0.25, 0.3) is 0 Å². The van der Waals surface area contributed by atoms with E-state index in [1.165, 1.54) is 6.20 Å². The van der Waals surface area contributed by atoms with E-state index in [4.69, 9.17) is 4.74 Å². The van der Waals surface area contributed by atoms with Crippen molar-refractivity contribution in [1.82, 2.24) is 4.98 Å². The first-order valence-electron chi connectivity index (χ1n) is 4.92. The number of nitrogens with zero attached hydrogens (tertiary/aromatic N) is 2. The zero-order chi connectivity index (χ0) is 10.4. The third-order valence-corrected chi connectivity index (χ3v) is 1.89. The molecule has 14 heavy (non-hydrogen) atoms. The van der Waals surface area contributed by atoms with Gasteiger partial charge in [-0.05, 0) is 13.3 Å². The SMILES string of the molecule is CCCc1cnc(COCC)c[n+]1[O-]. The lowest BCUT2D eigenvalue weighted by Gasteiger charge is -2.04. The maximum atomic E-state index is 11.4. The summed E-state index contributed by atoms with van der Waals surface area (Å²) in [5, 5.41) is 11.4. The van der Waals surface area contributed by atoms with Gasteiger partial charge >= 0.3 is 0 Å². The van der Waals surface area contributed by atoms with Crippen LogP contribution in [0.3, 0.4) is 0 Å². The minimum absolute atomic E-state index is 0.408. The summed E-state index contributed by atoms with van der Waals surface area (Å²) in [4.78, 5) is 4.15. The Labute approximate surface area is 84.1 Å². The van der Waals surface area contributed by atoms with Gasteiger partial charge in [-0.25, -0.2) is 4.98 Å². The van der Waals surface area contributed by atoms with E-state index in [0.29, 0.717) is 24.6 Å². The van der Waals surface area contributed by atoms with Gasteiger partial charge in [-0.15, -0.1) is 0 Å². The molecule has 0 radical (unpaired) electrons. The summed E-state index contributed by atoms with van der Waals surface area (Å²) >= 11 is 0. The van der Waals surface area contributed by atoms with Crippen LogP contribution in [0, 0.1) is 5.21 Å². The molecule has 1 heterocycles. The number of hydrogen-bond acceptors (Lipinski definition) is 3. The van der Waals surface area contributed by atoms with Crippen molar-refractivity contribution in [2.24, 2.45) is 0 Å². The Hall–Kier alpha value is -1.16. The molecule has 0 N–H and O–H groups in total. The lowest BCUT2D eigenvalue weighted by Crippen LogP contribution is -2.32. The second-order valence-corrected chi connectivity index (χ2v) is 3.08. The van der Waals surface area contributed by atoms with Crippen molar-refractivity contribution >= 4 is 0 Å². The van der Waals surface area contributed by atoms with Gasteiger partial charge in [0.1, 0.15) is 5.69 Å². The molecule has 0 unspecified atom stereocenters. The Bertz CT molecular complexity index is 289. The lowest BCUT2D eigenvalue weighted by molar-refractivity contribution is -0.615. The van der Waals surface area contributed by atoms with Crippen LogP contribution in [-0.4, -0.2) is 11.6 Å². The van der Waals surface area contributed by atoms with Crippen LogP contribution in [0.15, 0.2) is 12.4 Å². The van der Waals surface area contributed by atoms with Crippen LogP contribution in [0.1, 0.15) is 31.7 Å². The topological polar surface area (TPSA) is 49.1 Å². The molecule has 0 saturated heterocycles. The fraction of sp³-hybridized carbons (Fsp3) is 0.600. The second-order valence-electron chi connectivity index (χ2n) is 3.08.